The van der Waals surface area contributed by atoms with Crippen molar-refractivity contribution in [1.29, 1.82) is 0 Å². The molecular weight excluding hydrogens is 354 g/mol. The van der Waals surface area contributed by atoms with Crippen molar-refractivity contribution < 1.29 is 9.32 Å². The molecule has 1 unspecified atom stereocenters. The van der Waals surface area contributed by atoms with Crippen molar-refractivity contribution in [3.63, 3.8) is 0 Å². The number of benzene rings is 2. The maximum absolute atomic E-state index is 6.02. The molecule has 136 valence electrons. The monoisotopic (exact) mass is 376 g/mol. The number of oxazole rings is 1. The molecule has 4 aromatic rings. The summed E-state index contributed by atoms with van der Waals surface area (Å²) in [5.41, 5.74) is 2.21. The van der Waals surface area contributed by atoms with Gasteiger partial charge in [-0.1, -0.05) is 42.5 Å². The highest BCUT2D eigenvalue weighted by Gasteiger charge is 2.28. The van der Waals surface area contributed by atoms with Crippen molar-refractivity contribution in [2.75, 3.05) is 13.1 Å². The zero-order valence-electron chi connectivity index (χ0n) is 15.1. The Kier molecular flexibility index (Phi) is 4.47. The molecule has 0 aliphatic carbocycles. The van der Waals surface area contributed by atoms with Gasteiger partial charge in [0.1, 0.15) is 5.01 Å². The van der Waals surface area contributed by atoms with Crippen LogP contribution in [0, 0.1) is 0 Å². The van der Waals surface area contributed by atoms with Crippen molar-refractivity contribution in [3.05, 3.63) is 71.7 Å². The number of fused-ring (bicyclic) bond motifs is 1. The predicted octanol–water partition coefficient (Wildman–Crippen LogP) is 3.91. The molecule has 2 aromatic heterocycles. The minimum Gasteiger partial charge on any atom is -0.435 e. The van der Waals surface area contributed by atoms with E-state index in [1.807, 2.05) is 35.7 Å². The van der Waals surface area contributed by atoms with Crippen LogP contribution in [0.2, 0.25) is 0 Å². The van der Waals surface area contributed by atoms with Crippen molar-refractivity contribution in [1.82, 2.24) is 9.97 Å². The first-order chi connectivity index (χ1) is 13.3. The molecule has 27 heavy (non-hydrogen) atoms. The zero-order valence-corrected chi connectivity index (χ0v) is 15.9. The van der Waals surface area contributed by atoms with Crippen LogP contribution in [0.25, 0.3) is 21.5 Å². The van der Waals surface area contributed by atoms with Gasteiger partial charge in [-0.25, -0.2) is 9.97 Å². The first-order valence-corrected chi connectivity index (χ1v) is 10.4. The van der Waals surface area contributed by atoms with Crippen molar-refractivity contribution in [2.24, 2.45) is 0 Å². The van der Waals surface area contributed by atoms with Crippen LogP contribution in [0.4, 0.5) is 0 Å². The number of rotatable bonds is 4. The van der Waals surface area contributed by atoms with Crippen molar-refractivity contribution >= 4 is 21.6 Å². The van der Waals surface area contributed by atoms with E-state index in [9.17, 15) is 0 Å². The molecule has 2 atom stereocenters. The SMILES string of the molecule is c1ccc(-c2cnc(C[NH+]3CCC[C@H](c4nc5ccccc5s4)C3)o2)cc1. The Labute approximate surface area is 162 Å². The number of para-hydroxylation sites is 1. The standard InChI is InChI=1S/C22H21N3OS/c1-2-7-16(8-3-1)19-13-23-21(26-19)15-25-12-6-9-17(14-25)22-24-18-10-4-5-11-20(18)27-22/h1-5,7-8,10-11,13,17H,6,9,12,14-15H2/p+1/t17-/m0/s1. The third kappa shape index (κ3) is 3.53. The molecule has 0 saturated carbocycles. The van der Waals surface area contributed by atoms with E-state index >= 15 is 0 Å². The molecule has 1 aliphatic rings. The minimum atomic E-state index is 0.537. The number of aromatic nitrogens is 2. The lowest BCUT2D eigenvalue weighted by Gasteiger charge is -2.27. The number of piperidine rings is 1. The van der Waals surface area contributed by atoms with E-state index in [4.69, 9.17) is 9.40 Å². The van der Waals surface area contributed by atoms with Gasteiger partial charge in [-0.15, -0.1) is 11.3 Å². The van der Waals surface area contributed by atoms with Crippen LogP contribution >= 0.6 is 11.3 Å². The molecule has 5 heteroatoms. The summed E-state index contributed by atoms with van der Waals surface area (Å²) in [5.74, 6) is 2.22. The lowest BCUT2D eigenvalue weighted by atomic mass is 9.99. The van der Waals surface area contributed by atoms with Gasteiger partial charge < -0.3 is 9.32 Å². The number of thiazole rings is 1. The first-order valence-electron chi connectivity index (χ1n) is 9.54. The van der Waals surface area contributed by atoms with Crippen molar-refractivity contribution in [3.8, 4) is 11.3 Å². The fraction of sp³-hybridized carbons (Fsp3) is 0.273. The van der Waals surface area contributed by atoms with Crippen molar-refractivity contribution in [2.45, 2.75) is 25.3 Å². The van der Waals surface area contributed by atoms with Crippen LogP contribution in [0.5, 0.6) is 0 Å². The van der Waals surface area contributed by atoms with Crippen LogP contribution in [-0.4, -0.2) is 23.1 Å². The Bertz CT molecular complexity index is 1010. The molecule has 0 amide bonds. The summed E-state index contributed by atoms with van der Waals surface area (Å²) in [6.07, 6.45) is 4.30. The van der Waals surface area contributed by atoms with E-state index in [0.717, 1.165) is 35.8 Å². The highest BCUT2D eigenvalue weighted by Crippen LogP contribution is 2.30. The van der Waals surface area contributed by atoms with Crippen LogP contribution < -0.4 is 4.90 Å². The average molecular weight is 377 g/mol. The molecule has 1 N–H and O–H groups in total. The van der Waals surface area contributed by atoms with Crippen LogP contribution in [-0.2, 0) is 6.54 Å². The van der Waals surface area contributed by atoms with Gasteiger partial charge in [-0.3, -0.25) is 0 Å². The maximum Gasteiger partial charge on any atom is 0.250 e. The van der Waals surface area contributed by atoms with Crippen LogP contribution in [0.15, 0.2) is 65.2 Å². The van der Waals surface area contributed by atoms with Gasteiger partial charge in [-0.2, -0.15) is 0 Å². The maximum atomic E-state index is 6.02. The molecule has 1 aliphatic heterocycles. The van der Waals surface area contributed by atoms with Gasteiger partial charge in [0.15, 0.2) is 12.3 Å². The summed E-state index contributed by atoms with van der Waals surface area (Å²) >= 11 is 1.85. The molecule has 3 heterocycles. The Morgan fingerprint density at radius 1 is 1.07 bits per heavy atom. The second kappa shape index (κ2) is 7.25. The van der Waals surface area contributed by atoms with E-state index < -0.39 is 0 Å². The molecule has 0 spiro atoms. The largest absolute Gasteiger partial charge is 0.435 e. The highest BCUT2D eigenvalue weighted by atomic mass is 32.1. The summed E-state index contributed by atoms with van der Waals surface area (Å²) in [6, 6.07) is 18.6. The van der Waals surface area contributed by atoms with E-state index in [0.29, 0.717) is 5.92 Å². The summed E-state index contributed by atoms with van der Waals surface area (Å²) in [4.78, 5) is 10.9. The first kappa shape index (κ1) is 16.7. The van der Waals surface area contributed by atoms with E-state index in [1.165, 1.54) is 34.0 Å². The fourth-order valence-corrected chi connectivity index (χ4v) is 5.03. The normalized spacial score (nSPS) is 20.1. The second-order valence-electron chi connectivity index (χ2n) is 7.22. The van der Waals surface area contributed by atoms with Gasteiger partial charge in [0.25, 0.3) is 5.89 Å². The molecule has 1 fully saturated rings. The Morgan fingerprint density at radius 2 is 1.93 bits per heavy atom. The topological polar surface area (TPSA) is 43.4 Å². The highest BCUT2D eigenvalue weighted by molar-refractivity contribution is 7.18. The Balaban J connectivity index is 1.29. The zero-order chi connectivity index (χ0) is 18.1. The Morgan fingerprint density at radius 3 is 2.81 bits per heavy atom. The number of hydrogen-bond acceptors (Lipinski definition) is 4. The molecule has 2 aromatic carbocycles. The molecule has 5 rings (SSSR count). The average Bonchev–Trinajstić information content (AvgIpc) is 3.36. The predicted molar refractivity (Wildman–Crippen MR) is 108 cm³/mol. The summed E-state index contributed by atoms with van der Waals surface area (Å²) in [6.45, 7) is 3.11. The third-order valence-corrected chi connectivity index (χ3v) is 6.49. The molecule has 0 bridgehead atoms. The lowest BCUT2D eigenvalue weighted by molar-refractivity contribution is -0.921. The molecule has 0 radical (unpaired) electrons. The molecule has 4 nitrogen and oxygen atoms in total. The van der Waals surface area contributed by atoms with Gasteiger partial charge >= 0.3 is 0 Å². The summed E-state index contributed by atoms with van der Waals surface area (Å²) in [7, 11) is 0. The summed E-state index contributed by atoms with van der Waals surface area (Å²) < 4.78 is 7.31. The van der Waals surface area contributed by atoms with Gasteiger partial charge in [0.05, 0.1) is 35.4 Å². The number of hydrogen-bond donors (Lipinski definition) is 1. The van der Waals surface area contributed by atoms with E-state index in [-0.39, 0.29) is 0 Å². The second-order valence-corrected chi connectivity index (χ2v) is 8.29. The molecule has 1 saturated heterocycles. The number of nitrogens with one attached hydrogen (secondary N) is 1. The fourth-order valence-electron chi connectivity index (χ4n) is 3.93. The number of likely N-dealkylation sites (tertiary alicyclic amines) is 1. The third-order valence-electron chi connectivity index (χ3n) is 5.29. The lowest BCUT2D eigenvalue weighted by Crippen LogP contribution is -3.12. The summed E-state index contributed by atoms with van der Waals surface area (Å²) in [5, 5.41) is 1.28. The Hall–Kier alpha value is -2.50. The van der Waals surface area contributed by atoms with Crippen LogP contribution in [0.3, 0.4) is 0 Å². The van der Waals surface area contributed by atoms with Crippen LogP contribution in [0.1, 0.15) is 29.7 Å². The number of nitrogens with zero attached hydrogens (tertiary/aromatic N) is 2. The number of quaternary nitrogens is 1. The van der Waals surface area contributed by atoms with E-state index in [2.05, 4.69) is 41.4 Å². The van der Waals surface area contributed by atoms with Gasteiger partial charge in [0.2, 0.25) is 0 Å². The quantitative estimate of drug-likeness (QED) is 0.587. The van der Waals surface area contributed by atoms with Gasteiger partial charge in [-0.05, 0) is 25.0 Å². The minimum absolute atomic E-state index is 0.537. The molecular formula is C22H22N3OS+. The smallest absolute Gasteiger partial charge is 0.250 e. The van der Waals surface area contributed by atoms with Gasteiger partial charge in [0, 0.05) is 5.56 Å². The van der Waals surface area contributed by atoms with E-state index in [1.54, 1.807) is 0 Å².